The lowest BCUT2D eigenvalue weighted by Crippen LogP contribution is -2.59. The molecular formula is C30H38Cl2N4O6. The lowest BCUT2D eigenvalue weighted by Gasteiger charge is -2.39. The summed E-state index contributed by atoms with van der Waals surface area (Å²) in [5, 5.41) is 1.13. The number of imide groups is 2. The minimum absolute atomic E-state index is 0.229. The third kappa shape index (κ3) is 5.41. The summed E-state index contributed by atoms with van der Waals surface area (Å²) < 4.78 is 0. The van der Waals surface area contributed by atoms with Crippen LogP contribution in [0.1, 0.15) is 65.2 Å². The van der Waals surface area contributed by atoms with Gasteiger partial charge in [0.15, 0.2) is 0 Å². The van der Waals surface area contributed by atoms with Gasteiger partial charge in [-0.15, -0.1) is 0 Å². The van der Waals surface area contributed by atoms with Crippen LogP contribution in [-0.4, -0.2) is 93.3 Å². The van der Waals surface area contributed by atoms with E-state index in [4.69, 9.17) is 23.2 Å². The molecule has 0 radical (unpaired) electrons. The first-order valence-corrected chi connectivity index (χ1v) is 15.8. The molecule has 0 bridgehead atoms. The van der Waals surface area contributed by atoms with Gasteiger partial charge in [-0.25, -0.2) is 0 Å². The molecule has 0 N–H and O–H groups in total. The number of carbonyl (C=O) groups is 6. The van der Waals surface area contributed by atoms with Crippen LogP contribution in [0.2, 0.25) is 0 Å². The van der Waals surface area contributed by atoms with E-state index >= 15 is 0 Å². The molecule has 5 rings (SSSR count). The van der Waals surface area contributed by atoms with Crippen LogP contribution in [0.3, 0.4) is 0 Å². The van der Waals surface area contributed by atoms with Crippen LogP contribution in [0.15, 0.2) is 22.2 Å². The summed E-state index contributed by atoms with van der Waals surface area (Å²) in [6.45, 7) is 4.73. The molecule has 6 amide bonds. The Morgan fingerprint density at radius 3 is 1.33 bits per heavy atom. The van der Waals surface area contributed by atoms with Gasteiger partial charge in [0.05, 0.1) is 23.7 Å². The van der Waals surface area contributed by atoms with Crippen molar-refractivity contribution in [2.24, 2.45) is 23.7 Å². The molecule has 0 unspecified atom stereocenters. The first kappa shape index (κ1) is 30.7. The third-order valence-corrected chi connectivity index (χ3v) is 10.0. The minimum Gasteiger partial charge on any atom is -0.337 e. The van der Waals surface area contributed by atoms with Crippen LogP contribution in [-0.2, 0) is 28.8 Å². The molecule has 0 saturated carbocycles. The summed E-state index contributed by atoms with van der Waals surface area (Å²) in [7, 11) is 0. The van der Waals surface area contributed by atoms with Crippen LogP contribution < -0.4 is 0 Å². The smallest absolute Gasteiger partial charge is 0.245 e. The zero-order chi connectivity index (χ0) is 30.3. The fraction of sp³-hybridized carbons (Fsp3) is 0.667. The number of rotatable bonds is 8. The highest BCUT2D eigenvalue weighted by atomic mass is 35.5. The van der Waals surface area contributed by atoms with Crippen molar-refractivity contribution in [2.75, 3.05) is 26.2 Å². The Morgan fingerprint density at radius 2 is 1.00 bits per heavy atom. The van der Waals surface area contributed by atoms with Gasteiger partial charge in [0.1, 0.15) is 12.1 Å². The van der Waals surface area contributed by atoms with Crippen molar-refractivity contribution in [3.05, 3.63) is 22.2 Å². The number of amides is 6. The summed E-state index contributed by atoms with van der Waals surface area (Å²) in [6.07, 6.45) is 6.90. The van der Waals surface area contributed by atoms with E-state index in [9.17, 15) is 28.8 Å². The lowest BCUT2D eigenvalue weighted by atomic mass is 9.85. The second-order valence-corrected chi connectivity index (χ2v) is 12.9. The number of piperazine rings is 1. The van der Waals surface area contributed by atoms with E-state index in [1.54, 1.807) is 22.0 Å². The zero-order valence-corrected chi connectivity index (χ0v) is 25.6. The van der Waals surface area contributed by atoms with E-state index < -0.39 is 35.8 Å². The highest BCUT2D eigenvalue weighted by Gasteiger charge is 2.54. The fourth-order valence-corrected chi connectivity index (χ4v) is 7.67. The molecule has 5 aliphatic rings. The Labute approximate surface area is 256 Å². The average molecular weight is 622 g/mol. The van der Waals surface area contributed by atoms with Crippen LogP contribution in [0.4, 0.5) is 0 Å². The molecule has 2 aliphatic carbocycles. The molecule has 0 aromatic carbocycles. The summed E-state index contributed by atoms with van der Waals surface area (Å²) in [4.78, 5) is 86.2. The van der Waals surface area contributed by atoms with E-state index in [1.165, 1.54) is 9.80 Å². The summed E-state index contributed by atoms with van der Waals surface area (Å²) in [5.74, 6) is -3.92. The van der Waals surface area contributed by atoms with Gasteiger partial charge in [-0.1, -0.05) is 62.0 Å². The maximum atomic E-state index is 13.7. The number of halogens is 2. The van der Waals surface area contributed by atoms with Crippen LogP contribution in [0.5, 0.6) is 0 Å². The van der Waals surface area contributed by atoms with Gasteiger partial charge in [-0.05, 0) is 38.5 Å². The zero-order valence-electron chi connectivity index (χ0n) is 24.1. The number of carbonyl (C=O) groups excluding carboxylic acids is 6. The van der Waals surface area contributed by atoms with Crippen molar-refractivity contribution in [2.45, 2.75) is 77.3 Å². The van der Waals surface area contributed by atoms with E-state index in [2.05, 4.69) is 0 Å². The number of hydrogen-bond donors (Lipinski definition) is 0. The van der Waals surface area contributed by atoms with Crippen LogP contribution in [0, 0.1) is 23.7 Å². The normalized spacial score (nSPS) is 29.3. The van der Waals surface area contributed by atoms with Crippen LogP contribution >= 0.6 is 23.2 Å². The number of nitrogens with zero attached hydrogens (tertiary/aromatic N) is 4. The van der Waals surface area contributed by atoms with Crippen molar-refractivity contribution in [3.8, 4) is 0 Å². The quantitative estimate of drug-likeness (QED) is 0.385. The van der Waals surface area contributed by atoms with Crippen molar-refractivity contribution in [1.29, 1.82) is 0 Å². The second-order valence-electron chi connectivity index (χ2n) is 12.0. The predicted octanol–water partition coefficient (Wildman–Crippen LogP) is 3.03. The van der Waals surface area contributed by atoms with Crippen molar-refractivity contribution < 1.29 is 28.8 Å². The summed E-state index contributed by atoms with van der Waals surface area (Å²) in [5.41, 5.74) is 0. The van der Waals surface area contributed by atoms with Gasteiger partial charge >= 0.3 is 0 Å². The number of fused-ring (bicyclic) bond motifs is 2. The van der Waals surface area contributed by atoms with Gasteiger partial charge in [0.2, 0.25) is 35.4 Å². The number of hydrogen-bond acceptors (Lipinski definition) is 6. The third-order valence-electron chi connectivity index (χ3n) is 9.43. The monoisotopic (exact) mass is 620 g/mol. The van der Waals surface area contributed by atoms with E-state index in [0.717, 1.165) is 0 Å². The van der Waals surface area contributed by atoms with E-state index in [-0.39, 0.29) is 61.6 Å². The van der Waals surface area contributed by atoms with Crippen molar-refractivity contribution in [3.63, 3.8) is 0 Å². The molecular weight excluding hydrogens is 583 g/mol. The molecule has 3 fully saturated rings. The van der Waals surface area contributed by atoms with Crippen LogP contribution in [0.25, 0.3) is 0 Å². The molecule has 3 aliphatic heterocycles. The molecule has 3 saturated heterocycles. The Bertz CT molecular complexity index is 1150. The van der Waals surface area contributed by atoms with E-state index in [0.29, 0.717) is 61.4 Å². The highest BCUT2D eigenvalue weighted by molar-refractivity contribution is 6.30. The molecule has 6 atom stereocenters. The topological polar surface area (TPSA) is 115 Å². The molecule has 10 nitrogen and oxygen atoms in total. The lowest BCUT2D eigenvalue weighted by molar-refractivity contribution is -0.156. The molecule has 12 heteroatoms. The maximum Gasteiger partial charge on any atom is 0.245 e. The van der Waals surface area contributed by atoms with E-state index in [1.807, 2.05) is 13.8 Å². The van der Waals surface area contributed by atoms with Gasteiger partial charge in [0, 0.05) is 36.2 Å². The SMILES string of the molecule is CCC[C@H](C(=O)N1CCN(C(=O)[C@H](CCC)N2C(=O)[C@H]3CC(Cl)=CC[C@H]3C2=O)CC1)N1C(=O)[C@H]2CC=C(Cl)C[C@H]2C1=O. The van der Waals surface area contributed by atoms with Gasteiger partial charge in [-0.3, -0.25) is 38.6 Å². The van der Waals surface area contributed by atoms with Crippen molar-refractivity contribution in [1.82, 2.24) is 19.6 Å². The average Bonchev–Trinajstić information content (AvgIpc) is 3.37. The fourth-order valence-electron chi connectivity index (χ4n) is 7.16. The second kappa shape index (κ2) is 12.5. The van der Waals surface area contributed by atoms with Gasteiger partial charge in [-0.2, -0.15) is 0 Å². The summed E-state index contributed by atoms with van der Waals surface area (Å²) >= 11 is 12.3. The Hall–Kier alpha value is -2.72. The first-order valence-electron chi connectivity index (χ1n) is 15.1. The highest BCUT2D eigenvalue weighted by Crippen LogP contribution is 2.41. The Kier molecular flexibility index (Phi) is 9.13. The molecule has 0 aromatic rings. The molecule has 3 heterocycles. The molecule has 0 aromatic heterocycles. The molecule has 228 valence electrons. The van der Waals surface area contributed by atoms with Crippen molar-refractivity contribution >= 4 is 58.6 Å². The largest absolute Gasteiger partial charge is 0.337 e. The number of likely N-dealkylation sites (tertiary alicyclic amines) is 2. The molecule has 42 heavy (non-hydrogen) atoms. The number of allylic oxidation sites excluding steroid dienone is 4. The Balaban J connectivity index is 1.25. The first-order chi connectivity index (χ1) is 20.1. The maximum absolute atomic E-state index is 13.7. The minimum atomic E-state index is -0.891. The Morgan fingerprint density at radius 1 is 0.667 bits per heavy atom. The summed E-state index contributed by atoms with van der Waals surface area (Å²) in [6, 6.07) is -1.78. The van der Waals surface area contributed by atoms with Gasteiger partial charge < -0.3 is 9.80 Å². The standard InChI is InChI=1S/C30H38Cl2N4O6/c1-3-5-23(35-25(37)19-9-7-17(31)15-21(19)27(35)39)29(41)33-11-13-34(14-12-33)30(42)24(6-4-2)36-26(38)20-10-8-18(32)16-22(20)28(36)40/h7-8,19-24H,3-6,9-16H2,1-2H3/t19-,20+,21+,22-,23+,24-. The predicted molar refractivity (Wildman–Crippen MR) is 155 cm³/mol. The van der Waals surface area contributed by atoms with Gasteiger partial charge in [0.25, 0.3) is 0 Å². The molecule has 0 spiro atoms.